The molecule has 2 amide bonds. The third kappa shape index (κ3) is 4.57. The van der Waals surface area contributed by atoms with Gasteiger partial charge in [0, 0.05) is 18.0 Å². The number of amides is 2. The lowest BCUT2D eigenvalue weighted by molar-refractivity contribution is -0.126. The second kappa shape index (κ2) is 7.56. The summed E-state index contributed by atoms with van der Waals surface area (Å²) >= 11 is 7.71. The highest BCUT2D eigenvalue weighted by Gasteiger charge is 2.33. The van der Waals surface area contributed by atoms with Gasteiger partial charge in [-0.2, -0.15) is 0 Å². The summed E-state index contributed by atoms with van der Waals surface area (Å²) in [4.78, 5) is 27.6. The van der Waals surface area contributed by atoms with E-state index in [1.165, 1.54) is 11.8 Å². The van der Waals surface area contributed by atoms with Crippen LogP contribution in [-0.2, 0) is 9.53 Å². The average molecular weight is 398 g/mol. The molecule has 2 N–H and O–H groups in total. The third-order valence-electron chi connectivity index (χ3n) is 4.21. The number of thioether (sulfide) groups is 1. The largest absolute Gasteiger partial charge is 0.444 e. The summed E-state index contributed by atoms with van der Waals surface area (Å²) in [5, 5.41) is 6.88. The van der Waals surface area contributed by atoms with Gasteiger partial charge >= 0.3 is 6.09 Å². The maximum atomic E-state index is 12.7. The molecule has 142 valence electrons. The Bertz CT molecular complexity index is 707. The van der Waals surface area contributed by atoms with E-state index in [2.05, 4.69) is 10.6 Å². The number of carbonyl (C=O) groups excluding carboxylic acids is 2. The van der Waals surface area contributed by atoms with Crippen molar-refractivity contribution in [2.24, 2.45) is 5.92 Å². The maximum absolute atomic E-state index is 12.7. The van der Waals surface area contributed by atoms with Crippen molar-refractivity contribution in [3.8, 4) is 0 Å². The van der Waals surface area contributed by atoms with Gasteiger partial charge in [-0.05, 0) is 45.7 Å². The van der Waals surface area contributed by atoms with Gasteiger partial charge in [-0.25, -0.2) is 4.79 Å². The number of anilines is 1. The van der Waals surface area contributed by atoms with Crippen LogP contribution in [0.1, 0.15) is 33.6 Å². The first-order chi connectivity index (χ1) is 12.2. The smallest absolute Gasteiger partial charge is 0.410 e. The Labute approximate surface area is 163 Å². The van der Waals surface area contributed by atoms with Gasteiger partial charge in [-0.3, -0.25) is 4.79 Å². The lowest BCUT2D eigenvalue weighted by Gasteiger charge is -2.33. The molecule has 2 aliphatic heterocycles. The summed E-state index contributed by atoms with van der Waals surface area (Å²) in [6, 6.07) is 5.67. The fourth-order valence-electron chi connectivity index (χ4n) is 3.03. The summed E-state index contributed by atoms with van der Waals surface area (Å²) in [6.07, 6.45) is 1.19. The monoisotopic (exact) mass is 397 g/mol. The molecule has 6 nitrogen and oxygen atoms in total. The van der Waals surface area contributed by atoms with Gasteiger partial charge in [-0.1, -0.05) is 29.4 Å². The number of likely N-dealkylation sites (tertiary alicyclic amines) is 1. The van der Waals surface area contributed by atoms with Gasteiger partial charge in [0.1, 0.15) is 5.60 Å². The zero-order valence-electron chi connectivity index (χ0n) is 15.2. The number of piperidine rings is 1. The van der Waals surface area contributed by atoms with Crippen LogP contribution in [0.5, 0.6) is 0 Å². The number of nitrogens with zero attached hydrogens (tertiary/aromatic N) is 1. The molecule has 0 aliphatic carbocycles. The third-order valence-corrected chi connectivity index (χ3v) is 5.59. The van der Waals surface area contributed by atoms with Crippen molar-refractivity contribution >= 4 is 41.1 Å². The van der Waals surface area contributed by atoms with Crippen LogP contribution in [0.4, 0.5) is 10.5 Å². The van der Waals surface area contributed by atoms with Gasteiger partial charge in [-0.15, -0.1) is 0 Å². The van der Waals surface area contributed by atoms with Crippen LogP contribution in [0, 0.1) is 5.92 Å². The molecular weight excluding hydrogens is 374 g/mol. The zero-order valence-corrected chi connectivity index (χ0v) is 16.7. The Hall–Kier alpha value is -1.60. The zero-order chi connectivity index (χ0) is 18.9. The molecule has 2 unspecified atom stereocenters. The van der Waals surface area contributed by atoms with Crippen LogP contribution >= 0.6 is 23.4 Å². The minimum Gasteiger partial charge on any atom is -0.444 e. The normalized spacial score (nSPS) is 22.4. The van der Waals surface area contributed by atoms with Crippen molar-refractivity contribution in [3.63, 3.8) is 0 Å². The van der Waals surface area contributed by atoms with Gasteiger partial charge < -0.3 is 20.3 Å². The number of nitrogens with one attached hydrogen (secondary N) is 2. The average Bonchev–Trinajstić information content (AvgIpc) is 2.97. The number of benzene rings is 1. The molecule has 0 spiro atoms. The minimum absolute atomic E-state index is 0.0628. The van der Waals surface area contributed by atoms with Crippen molar-refractivity contribution in [2.45, 2.75) is 49.6 Å². The maximum Gasteiger partial charge on any atom is 0.410 e. The number of carbonyl (C=O) groups is 2. The first kappa shape index (κ1) is 19.2. The van der Waals surface area contributed by atoms with Crippen LogP contribution < -0.4 is 10.6 Å². The molecule has 2 atom stereocenters. The SMILES string of the molecule is CC(C)(C)OC(=O)N1CCCC(C(=O)NC2Nc3c(Cl)cccc3S2)C1. The predicted octanol–water partition coefficient (Wildman–Crippen LogP) is 3.90. The van der Waals surface area contributed by atoms with Gasteiger partial charge in [0.2, 0.25) is 5.91 Å². The highest BCUT2D eigenvalue weighted by molar-refractivity contribution is 8.00. The van der Waals surface area contributed by atoms with Crippen LogP contribution in [0.2, 0.25) is 5.02 Å². The van der Waals surface area contributed by atoms with E-state index in [0.717, 1.165) is 23.4 Å². The second-order valence-corrected chi connectivity index (χ2v) is 9.08. The predicted molar refractivity (Wildman–Crippen MR) is 103 cm³/mol. The molecule has 1 fully saturated rings. The molecular formula is C18H24ClN3O3S. The van der Waals surface area contributed by atoms with Crippen LogP contribution in [0.25, 0.3) is 0 Å². The minimum atomic E-state index is -0.540. The molecule has 1 saturated heterocycles. The topological polar surface area (TPSA) is 70.7 Å². The molecule has 1 aromatic rings. The van der Waals surface area contributed by atoms with E-state index >= 15 is 0 Å². The molecule has 0 saturated carbocycles. The van der Waals surface area contributed by atoms with Gasteiger partial charge in [0.25, 0.3) is 0 Å². The van der Waals surface area contributed by atoms with Crippen LogP contribution in [0.15, 0.2) is 23.1 Å². The van der Waals surface area contributed by atoms with Gasteiger partial charge in [0.05, 0.1) is 16.6 Å². The van der Waals surface area contributed by atoms with E-state index in [9.17, 15) is 9.59 Å². The van der Waals surface area contributed by atoms with Crippen molar-refractivity contribution in [2.75, 3.05) is 18.4 Å². The Kier molecular flexibility index (Phi) is 5.58. The van der Waals surface area contributed by atoms with Crippen LogP contribution in [0.3, 0.4) is 0 Å². The number of hydrogen-bond acceptors (Lipinski definition) is 5. The van der Waals surface area contributed by atoms with E-state index in [4.69, 9.17) is 16.3 Å². The van der Waals surface area contributed by atoms with E-state index in [-0.39, 0.29) is 23.4 Å². The standard InChI is InChI=1S/C18H24ClN3O3S/c1-18(2,3)25-17(24)22-9-5-6-11(10-22)15(23)21-16-20-14-12(19)7-4-8-13(14)26-16/h4,7-8,11,16,20H,5-6,9-10H2,1-3H3,(H,21,23). The number of halogens is 1. The number of hydrogen-bond donors (Lipinski definition) is 2. The van der Waals surface area contributed by atoms with E-state index in [1.807, 2.05) is 39.0 Å². The van der Waals surface area contributed by atoms with E-state index in [0.29, 0.717) is 18.1 Å². The van der Waals surface area contributed by atoms with E-state index < -0.39 is 5.60 Å². The van der Waals surface area contributed by atoms with E-state index in [1.54, 1.807) is 4.90 Å². The number of fused-ring (bicyclic) bond motifs is 1. The molecule has 1 aromatic carbocycles. The Morgan fingerprint density at radius 2 is 2.15 bits per heavy atom. The van der Waals surface area contributed by atoms with Crippen LogP contribution in [-0.4, -0.2) is 41.1 Å². The fourth-order valence-corrected chi connectivity index (χ4v) is 4.36. The summed E-state index contributed by atoms with van der Waals surface area (Å²) in [5.74, 6) is -0.301. The van der Waals surface area contributed by atoms with Crippen molar-refractivity contribution in [3.05, 3.63) is 23.2 Å². The van der Waals surface area contributed by atoms with Gasteiger partial charge in [0.15, 0.2) is 5.50 Å². The van der Waals surface area contributed by atoms with Crippen molar-refractivity contribution < 1.29 is 14.3 Å². The Morgan fingerprint density at radius 1 is 1.38 bits per heavy atom. The number of rotatable bonds is 2. The first-order valence-corrected chi connectivity index (χ1v) is 9.99. The lowest BCUT2D eigenvalue weighted by atomic mass is 9.97. The fraction of sp³-hybridized carbons (Fsp3) is 0.556. The quantitative estimate of drug-likeness (QED) is 0.791. The molecule has 0 aromatic heterocycles. The second-order valence-electron chi connectivity index (χ2n) is 7.53. The Morgan fingerprint density at radius 3 is 2.85 bits per heavy atom. The summed E-state index contributed by atoms with van der Waals surface area (Å²) in [6.45, 7) is 6.52. The molecule has 2 aliphatic rings. The summed E-state index contributed by atoms with van der Waals surface area (Å²) in [5.41, 5.74) is 0.0552. The molecule has 2 heterocycles. The van der Waals surface area contributed by atoms with Crippen molar-refractivity contribution in [1.82, 2.24) is 10.2 Å². The molecule has 8 heteroatoms. The van der Waals surface area contributed by atoms with Crippen molar-refractivity contribution in [1.29, 1.82) is 0 Å². The lowest BCUT2D eigenvalue weighted by Crippen LogP contribution is -2.48. The summed E-state index contributed by atoms with van der Waals surface area (Å²) in [7, 11) is 0. The highest BCUT2D eigenvalue weighted by atomic mass is 35.5. The Balaban J connectivity index is 1.55. The molecule has 3 rings (SSSR count). The molecule has 0 radical (unpaired) electrons. The molecule has 26 heavy (non-hydrogen) atoms. The number of para-hydroxylation sites is 1. The number of ether oxygens (including phenoxy) is 1. The first-order valence-electron chi connectivity index (χ1n) is 8.73. The highest BCUT2D eigenvalue weighted by Crippen LogP contribution is 2.41. The summed E-state index contributed by atoms with van der Waals surface area (Å²) < 4.78 is 5.42. The molecule has 0 bridgehead atoms.